The maximum absolute atomic E-state index is 12.0. The molecule has 0 spiro atoms. The zero-order chi connectivity index (χ0) is 16.7. The Balaban J connectivity index is 3.42. The van der Waals surface area contributed by atoms with E-state index in [0.717, 1.165) is 0 Å². The van der Waals surface area contributed by atoms with E-state index in [1.807, 2.05) is 0 Å². The second kappa shape index (κ2) is 8.55. The maximum atomic E-state index is 12.0. The predicted molar refractivity (Wildman–Crippen MR) is 82.7 cm³/mol. The predicted octanol–water partition coefficient (Wildman–Crippen LogP) is 1.51. The first kappa shape index (κ1) is 18.2. The van der Waals surface area contributed by atoms with Gasteiger partial charge in [0.25, 0.3) is 0 Å². The molecular formula is C14H20ClNO6. The van der Waals surface area contributed by atoms with E-state index in [1.54, 1.807) is 0 Å². The minimum atomic E-state index is -0.787. The first-order chi connectivity index (χ1) is 10.5. The van der Waals surface area contributed by atoms with Crippen LogP contribution in [0.5, 0.6) is 17.2 Å². The fraction of sp³-hybridized carbons (Fsp3) is 0.500. The SMILES string of the molecule is COC(=O)c1cc(OC)c(OC)c(OC)c1NCC(O)CCl. The van der Waals surface area contributed by atoms with E-state index >= 15 is 0 Å². The molecule has 1 aromatic carbocycles. The summed E-state index contributed by atoms with van der Waals surface area (Å²) >= 11 is 5.57. The van der Waals surface area contributed by atoms with Gasteiger partial charge in [0.1, 0.15) is 0 Å². The molecule has 0 radical (unpaired) electrons. The highest BCUT2D eigenvalue weighted by atomic mass is 35.5. The molecule has 0 aliphatic carbocycles. The number of aliphatic hydroxyl groups is 1. The van der Waals surface area contributed by atoms with Crippen LogP contribution in [0.2, 0.25) is 0 Å². The van der Waals surface area contributed by atoms with Crippen LogP contribution in [0.4, 0.5) is 5.69 Å². The van der Waals surface area contributed by atoms with Crippen molar-refractivity contribution in [2.45, 2.75) is 6.10 Å². The largest absolute Gasteiger partial charge is 0.493 e. The number of rotatable bonds is 8. The van der Waals surface area contributed by atoms with E-state index in [0.29, 0.717) is 17.2 Å². The number of ether oxygens (including phenoxy) is 4. The van der Waals surface area contributed by atoms with Crippen molar-refractivity contribution < 1.29 is 28.8 Å². The van der Waals surface area contributed by atoms with E-state index in [2.05, 4.69) is 5.32 Å². The van der Waals surface area contributed by atoms with Gasteiger partial charge in [0.05, 0.1) is 51.7 Å². The van der Waals surface area contributed by atoms with E-state index in [4.69, 9.17) is 30.5 Å². The van der Waals surface area contributed by atoms with Gasteiger partial charge < -0.3 is 29.4 Å². The Bertz CT molecular complexity index is 523. The smallest absolute Gasteiger partial charge is 0.340 e. The Morgan fingerprint density at radius 2 is 1.86 bits per heavy atom. The summed E-state index contributed by atoms with van der Waals surface area (Å²) in [6, 6.07) is 1.47. The molecule has 0 heterocycles. The van der Waals surface area contributed by atoms with Crippen LogP contribution in [0.15, 0.2) is 6.07 Å². The first-order valence-electron chi connectivity index (χ1n) is 6.43. The van der Waals surface area contributed by atoms with Gasteiger partial charge in [-0.2, -0.15) is 0 Å². The molecule has 7 nitrogen and oxygen atoms in total. The molecule has 0 saturated carbocycles. The average molecular weight is 334 g/mol. The summed E-state index contributed by atoms with van der Waals surface area (Å²) in [7, 11) is 5.60. The molecule has 0 saturated heterocycles. The third-order valence-corrected chi connectivity index (χ3v) is 3.28. The first-order valence-corrected chi connectivity index (χ1v) is 6.96. The highest BCUT2D eigenvalue weighted by Crippen LogP contribution is 2.45. The monoisotopic (exact) mass is 333 g/mol. The van der Waals surface area contributed by atoms with Gasteiger partial charge in [0.15, 0.2) is 11.5 Å². The van der Waals surface area contributed by atoms with E-state index < -0.39 is 12.1 Å². The van der Waals surface area contributed by atoms with E-state index in [-0.39, 0.29) is 23.7 Å². The second-order valence-corrected chi connectivity index (χ2v) is 4.56. The minimum absolute atomic E-state index is 0.0517. The summed E-state index contributed by atoms with van der Waals surface area (Å²) in [5, 5.41) is 12.5. The number of nitrogens with one attached hydrogen (secondary N) is 1. The summed E-state index contributed by atoms with van der Waals surface area (Å²) < 4.78 is 20.6. The maximum Gasteiger partial charge on any atom is 0.340 e. The van der Waals surface area contributed by atoms with Gasteiger partial charge in [-0.1, -0.05) is 0 Å². The lowest BCUT2D eigenvalue weighted by molar-refractivity contribution is 0.0601. The normalized spacial score (nSPS) is 11.5. The molecule has 0 amide bonds. The topological polar surface area (TPSA) is 86.3 Å². The number of alkyl halides is 1. The van der Waals surface area contributed by atoms with E-state index in [9.17, 15) is 9.90 Å². The van der Waals surface area contributed by atoms with Crippen LogP contribution in [-0.2, 0) is 4.74 Å². The molecule has 1 unspecified atom stereocenters. The molecular weight excluding hydrogens is 314 g/mol. The highest BCUT2D eigenvalue weighted by Gasteiger charge is 2.25. The van der Waals surface area contributed by atoms with Crippen molar-refractivity contribution in [2.75, 3.05) is 46.2 Å². The van der Waals surface area contributed by atoms with Crippen molar-refractivity contribution in [3.63, 3.8) is 0 Å². The Morgan fingerprint density at radius 1 is 1.23 bits per heavy atom. The summed E-state index contributed by atoms with van der Waals surface area (Å²) in [6.07, 6.45) is -0.787. The van der Waals surface area contributed by atoms with Crippen LogP contribution in [0, 0.1) is 0 Å². The zero-order valence-electron chi connectivity index (χ0n) is 12.9. The highest BCUT2D eigenvalue weighted by molar-refractivity contribution is 6.18. The number of methoxy groups -OCH3 is 4. The number of hydrogen-bond donors (Lipinski definition) is 2. The summed E-state index contributed by atoms with van der Waals surface area (Å²) in [5.74, 6) is 0.380. The lowest BCUT2D eigenvalue weighted by atomic mass is 10.1. The summed E-state index contributed by atoms with van der Waals surface area (Å²) in [4.78, 5) is 12.0. The lowest BCUT2D eigenvalue weighted by Gasteiger charge is -2.20. The summed E-state index contributed by atoms with van der Waals surface area (Å²) in [6.45, 7) is 0.124. The number of hydrogen-bond acceptors (Lipinski definition) is 7. The fourth-order valence-electron chi connectivity index (χ4n) is 1.88. The standard InChI is InChI=1S/C14H20ClNO6/c1-19-10-5-9(14(18)22-4)11(16-7-8(17)6-15)13(21-3)12(10)20-2/h5,8,16-17H,6-7H2,1-4H3. The number of benzene rings is 1. The Kier molecular flexibility index (Phi) is 7.07. The lowest BCUT2D eigenvalue weighted by Crippen LogP contribution is -2.22. The van der Waals surface area contributed by atoms with Crippen molar-refractivity contribution in [3.8, 4) is 17.2 Å². The van der Waals surface area contributed by atoms with E-state index in [1.165, 1.54) is 34.5 Å². The molecule has 22 heavy (non-hydrogen) atoms. The molecule has 0 fully saturated rings. The molecule has 0 aliphatic heterocycles. The van der Waals surface area contributed by atoms with Crippen molar-refractivity contribution in [2.24, 2.45) is 0 Å². The van der Waals surface area contributed by atoms with Crippen LogP contribution in [0.1, 0.15) is 10.4 Å². The van der Waals surface area contributed by atoms with Gasteiger partial charge in [-0.05, 0) is 0 Å². The third kappa shape index (κ3) is 3.86. The van der Waals surface area contributed by atoms with Crippen LogP contribution >= 0.6 is 11.6 Å². The number of anilines is 1. The van der Waals surface area contributed by atoms with Crippen LogP contribution < -0.4 is 19.5 Å². The van der Waals surface area contributed by atoms with Gasteiger partial charge in [-0.3, -0.25) is 0 Å². The van der Waals surface area contributed by atoms with Gasteiger partial charge in [0.2, 0.25) is 5.75 Å². The average Bonchev–Trinajstić information content (AvgIpc) is 2.56. The summed E-state index contributed by atoms with van der Waals surface area (Å²) in [5.41, 5.74) is 0.523. The Morgan fingerprint density at radius 3 is 2.32 bits per heavy atom. The van der Waals surface area contributed by atoms with Gasteiger partial charge in [-0.25, -0.2) is 4.79 Å². The zero-order valence-corrected chi connectivity index (χ0v) is 13.7. The van der Waals surface area contributed by atoms with Crippen LogP contribution in [0.25, 0.3) is 0 Å². The number of halogens is 1. The molecule has 2 N–H and O–H groups in total. The van der Waals surface area contributed by atoms with Crippen molar-refractivity contribution in [1.29, 1.82) is 0 Å². The fourth-order valence-corrected chi connectivity index (χ4v) is 1.99. The molecule has 1 rings (SSSR count). The minimum Gasteiger partial charge on any atom is -0.493 e. The quantitative estimate of drug-likeness (QED) is 0.551. The molecule has 0 bridgehead atoms. The molecule has 1 aromatic rings. The number of carbonyl (C=O) groups is 1. The molecule has 8 heteroatoms. The van der Waals surface area contributed by atoms with Crippen LogP contribution in [-0.4, -0.2) is 58.0 Å². The molecule has 124 valence electrons. The molecule has 0 aromatic heterocycles. The van der Waals surface area contributed by atoms with Crippen molar-refractivity contribution >= 4 is 23.3 Å². The van der Waals surface area contributed by atoms with Crippen molar-refractivity contribution in [3.05, 3.63) is 11.6 Å². The van der Waals surface area contributed by atoms with Crippen molar-refractivity contribution in [1.82, 2.24) is 0 Å². The Hall–Kier alpha value is -1.86. The third-order valence-electron chi connectivity index (χ3n) is 2.93. The van der Waals surface area contributed by atoms with Gasteiger partial charge in [-0.15, -0.1) is 11.6 Å². The molecule has 1 atom stereocenters. The number of carbonyl (C=O) groups excluding carboxylic acids is 1. The number of esters is 1. The van der Waals surface area contributed by atoms with Gasteiger partial charge >= 0.3 is 5.97 Å². The molecule has 0 aliphatic rings. The Labute approximate surface area is 134 Å². The van der Waals surface area contributed by atoms with Gasteiger partial charge in [0, 0.05) is 12.6 Å². The number of aliphatic hydroxyl groups excluding tert-OH is 1. The van der Waals surface area contributed by atoms with Crippen LogP contribution in [0.3, 0.4) is 0 Å². The second-order valence-electron chi connectivity index (χ2n) is 4.25.